The topological polar surface area (TPSA) is 112 Å². The Labute approximate surface area is 179 Å². The van der Waals surface area contributed by atoms with Crippen LogP contribution in [0.25, 0.3) is 0 Å². The lowest BCUT2D eigenvalue weighted by Crippen LogP contribution is -2.29. The first-order valence-electron chi connectivity index (χ1n) is 11.6. The van der Waals surface area contributed by atoms with E-state index in [0.717, 1.165) is 19.3 Å². The number of ketones is 2. The van der Waals surface area contributed by atoms with Crippen molar-refractivity contribution in [3.63, 3.8) is 0 Å². The molecule has 30 heavy (non-hydrogen) atoms. The van der Waals surface area contributed by atoms with Crippen molar-refractivity contribution in [3.8, 4) is 0 Å². The Morgan fingerprint density at radius 3 is 2.40 bits per heavy atom. The molecule has 2 fully saturated rings. The van der Waals surface area contributed by atoms with Gasteiger partial charge in [0.1, 0.15) is 11.6 Å². The van der Waals surface area contributed by atoms with Crippen molar-refractivity contribution in [2.24, 2.45) is 29.6 Å². The van der Waals surface area contributed by atoms with Crippen LogP contribution in [0.4, 0.5) is 0 Å². The van der Waals surface area contributed by atoms with Gasteiger partial charge in [0.25, 0.3) is 0 Å². The predicted octanol–water partition coefficient (Wildman–Crippen LogP) is 3.54. The van der Waals surface area contributed by atoms with Gasteiger partial charge in [-0.2, -0.15) is 0 Å². The molecule has 0 bridgehead atoms. The monoisotopic (exact) mass is 422 g/mol. The second-order valence-corrected chi connectivity index (χ2v) is 9.41. The third-order valence-electron chi connectivity index (χ3n) is 6.94. The highest BCUT2D eigenvalue weighted by Crippen LogP contribution is 2.36. The number of unbranched alkanes of at least 4 members (excludes halogenated alkanes) is 1. The normalized spacial score (nSPS) is 31.7. The molecular weight excluding hydrogens is 384 g/mol. The lowest BCUT2D eigenvalue weighted by molar-refractivity contribution is -0.144. The van der Waals surface area contributed by atoms with Crippen LogP contribution in [0.3, 0.4) is 0 Å². The summed E-state index contributed by atoms with van der Waals surface area (Å²) in [6, 6.07) is 0. The number of carbonyl (C=O) groups excluding carboxylic acids is 2. The highest BCUT2D eigenvalue weighted by atomic mass is 16.4. The van der Waals surface area contributed by atoms with Gasteiger partial charge in [-0.25, -0.2) is 0 Å². The summed E-state index contributed by atoms with van der Waals surface area (Å²) in [4.78, 5) is 36.3. The maximum atomic E-state index is 12.8. The smallest absolute Gasteiger partial charge is 0.306 e. The summed E-state index contributed by atoms with van der Waals surface area (Å²) in [5, 5.41) is 29.7. The van der Waals surface area contributed by atoms with Crippen LogP contribution >= 0.6 is 0 Å². The first-order valence-corrected chi connectivity index (χ1v) is 11.6. The summed E-state index contributed by atoms with van der Waals surface area (Å²) in [5.41, 5.74) is 0. The Morgan fingerprint density at radius 1 is 1.17 bits per heavy atom. The fraction of sp³-hybridized carbons (Fsp3) is 0.792. The van der Waals surface area contributed by atoms with E-state index in [1.165, 1.54) is 0 Å². The molecule has 0 heterocycles. The van der Waals surface area contributed by atoms with Crippen molar-refractivity contribution in [1.82, 2.24) is 0 Å². The number of Topliss-reactive ketones (excluding diaryl/α,β-unsaturated/α-hetero) is 2. The molecule has 2 saturated carbocycles. The molecule has 6 heteroatoms. The molecule has 2 aliphatic carbocycles. The van der Waals surface area contributed by atoms with Gasteiger partial charge < -0.3 is 15.3 Å². The van der Waals surface area contributed by atoms with E-state index in [1.54, 1.807) is 12.2 Å². The molecule has 0 amide bonds. The van der Waals surface area contributed by atoms with E-state index in [1.807, 2.05) is 0 Å². The highest BCUT2D eigenvalue weighted by Gasteiger charge is 2.42. The Balaban J connectivity index is 1.91. The Kier molecular flexibility index (Phi) is 9.69. The van der Waals surface area contributed by atoms with E-state index in [0.29, 0.717) is 38.0 Å². The number of aliphatic hydroxyl groups excluding tert-OH is 2. The van der Waals surface area contributed by atoms with Crippen LogP contribution in [-0.2, 0) is 14.4 Å². The third-order valence-corrected chi connectivity index (χ3v) is 6.94. The van der Waals surface area contributed by atoms with E-state index < -0.39 is 30.0 Å². The molecule has 0 spiro atoms. The van der Waals surface area contributed by atoms with Gasteiger partial charge in [-0.15, -0.1) is 0 Å². The number of rotatable bonds is 11. The van der Waals surface area contributed by atoms with E-state index in [9.17, 15) is 24.6 Å². The van der Waals surface area contributed by atoms with Crippen molar-refractivity contribution in [1.29, 1.82) is 0 Å². The summed E-state index contributed by atoms with van der Waals surface area (Å²) in [7, 11) is 0. The average molecular weight is 423 g/mol. The highest BCUT2D eigenvalue weighted by molar-refractivity contribution is 5.91. The summed E-state index contributed by atoms with van der Waals surface area (Å²) < 4.78 is 0. The van der Waals surface area contributed by atoms with E-state index in [4.69, 9.17) is 5.11 Å². The molecule has 170 valence electrons. The molecule has 0 saturated heterocycles. The summed E-state index contributed by atoms with van der Waals surface area (Å²) >= 11 is 0. The Bertz CT molecular complexity index is 619. The number of carboxylic acids is 1. The second-order valence-electron chi connectivity index (χ2n) is 9.41. The number of carbonyl (C=O) groups is 3. The summed E-state index contributed by atoms with van der Waals surface area (Å²) in [6.45, 7) is 4.25. The van der Waals surface area contributed by atoms with Crippen LogP contribution in [-0.4, -0.2) is 45.1 Å². The minimum atomic E-state index is -0.820. The van der Waals surface area contributed by atoms with Gasteiger partial charge in [-0.05, 0) is 38.0 Å². The average Bonchev–Trinajstić information content (AvgIpc) is 2.97. The first kappa shape index (κ1) is 24.7. The maximum Gasteiger partial charge on any atom is 0.306 e. The Morgan fingerprint density at radius 2 is 1.80 bits per heavy atom. The molecule has 0 aliphatic heterocycles. The zero-order chi connectivity index (χ0) is 22.3. The minimum absolute atomic E-state index is 0.00146. The van der Waals surface area contributed by atoms with Crippen molar-refractivity contribution in [2.45, 2.75) is 90.3 Å². The van der Waals surface area contributed by atoms with Gasteiger partial charge >= 0.3 is 5.97 Å². The Hall–Kier alpha value is -1.53. The van der Waals surface area contributed by atoms with Crippen LogP contribution in [0, 0.1) is 29.6 Å². The van der Waals surface area contributed by atoms with Crippen LogP contribution in [0.2, 0.25) is 0 Å². The van der Waals surface area contributed by atoms with Crippen LogP contribution in [0.15, 0.2) is 12.2 Å². The maximum absolute atomic E-state index is 12.8. The van der Waals surface area contributed by atoms with Gasteiger partial charge in [-0.3, -0.25) is 14.4 Å². The molecule has 2 aliphatic rings. The number of hydrogen-bond donors (Lipinski definition) is 3. The largest absolute Gasteiger partial charge is 0.481 e. The minimum Gasteiger partial charge on any atom is -0.481 e. The number of hydrogen-bond acceptors (Lipinski definition) is 5. The van der Waals surface area contributed by atoms with Crippen molar-refractivity contribution < 1.29 is 29.7 Å². The lowest BCUT2D eigenvalue weighted by atomic mass is 9.77. The van der Waals surface area contributed by atoms with Crippen molar-refractivity contribution in [2.75, 3.05) is 0 Å². The molecule has 0 aromatic heterocycles. The molecule has 0 aromatic carbocycles. The molecule has 0 aromatic rings. The van der Waals surface area contributed by atoms with Gasteiger partial charge in [0.15, 0.2) is 0 Å². The fourth-order valence-corrected chi connectivity index (χ4v) is 4.95. The van der Waals surface area contributed by atoms with E-state index >= 15 is 0 Å². The molecule has 3 N–H and O–H groups in total. The van der Waals surface area contributed by atoms with E-state index in [-0.39, 0.29) is 36.2 Å². The van der Waals surface area contributed by atoms with E-state index in [2.05, 4.69) is 13.8 Å². The lowest BCUT2D eigenvalue weighted by Gasteiger charge is -2.26. The zero-order valence-corrected chi connectivity index (χ0v) is 18.3. The van der Waals surface area contributed by atoms with Crippen LogP contribution in [0.5, 0.6) is 0 Å². The summed E-state index contributed by atoms with van der Waals surface area (Å²) in [6.07, 6.45) is 8.15. The first-order chi connectivity index (χ1) is 14.2. The molecule has 2 rings (SSSR count). The van der Waals surface area contributed by atoms with Crippen LogP contribution in [0.1, 0.15) is 78.1 Å². The van der Waals surface area contributed by atoms with Gasteiger partial charge in [0.05, 0.1) is 18.1 Å². The number of carboxylic acid groups (broad SMARTS) is 1. The van der Waals surface area contributed by atoms with Crippen molar-refractivity contribution in [3.05, 3.63) is 12.2 Å². The SMILES string of the molecule is CCCCC(C)CC(O)C=CC1C(O)CC(=O)C1CC(=O)C1CCC(C(=O)O)CC1. The predicted molar refractivity (Wildman–Crippen MR) is 114 cm³/mol. The summed E-state index contributed by atoms with van der Waals surface area (Å²) in [5.74, 6) is -2.07. The molecule has 0 radical (unpaired) electrons. The number of aliphatic hydroxyl groups is 2. The molecule has 5 atom stereocenters. The van der Waals surface area contributed by atoms with Gasteiger partial charge in [-0.1, -0.05) is 45.3 Å². The number of aliphatic carboxylic acids is 1. The molecular formula is C24H38O6. The van der Waals surface area contributed by atoms with Gasteiger partial charge in [0.2, 0.25) is 0 Å². The quantitative estimate of drug-likeness (QED) is 0.439. The van der Waals surface area contributed by atoms with Crippen molar-refractivity contribution >= 4 is 17.5 Å². The molecule has 5 unspecified atom stereocenters. The zero-order valence-electron chi connectivity index (χ0n) is 18.3. The van der Waals surface area contributed by atoms with Gasteiger partial charge in [0, 0.05) is 30.6 Å². The second kappa shape index (κ2) is 11.8. The fourth-order valence-electron chi connectivity index (χ4n) is 4.95. The van der Waals surface area contributed by atoms with Crippen LogP contribution < -0.4 is 0 Å². The standard InChI is InChI=1S/C24H38O6/c1-3-4-5-15(2)12-18(25)10-11-19-20(23(28)14-22(19)27)13-21(26)16-6-8-17(9-7-16)24(29)30/h10-11,15-20,22,25,27H,3-9,12-14H2,1-2H3,(H,29,30). The third kappa shape index (κ3) is 7.02. The molecule has 6 nitrogen and oxygen atoms in total.